The maximum atomic E-state index is 13.4. The molecule has 1 unspecified atom stereocenters. The Morgan fingerprint density at radius 3 is 2.52 bits per heavy atom. The lowest BCUT2D eigenvalue weighted by Gasteiger charge is -2.35. The summed E-state index contributed by atoms with van der Waals surface area (Å²) in [6, 6.07) is 13.0. The second kappa shape index (κ2) is 12.8. The molecule has 3 rings (SSSR count). The van der Waals surface area contributed by atoms with Crippen molar-refractivity contribution >= 4 is 29.9 Å². The van der Waals surface area contributed by atoms with Crippen LogP contribution in [0.5, 0.6) is 5.75 Å². The number of rotatable bonds is 7. The summed E-state index contributed by atoms with van der Waals surface area (Å²) < 4.78 is 24.3. The topological polar surface area (TPSA) is 58.1 Å². The van der Waals surface area contributed by atoms with E-state index in [0.717, 1.165) is 41.5 Å². The summed E-state index contributed by atoms with van der Waals surface area (Å²) in [6.07, 6.45) is 0. The summed E-state index contributed by atoms with van der Waals surface area (Å²) in [5, 5.41) is 6.78. The molecule has 6 nitrogen and oxygen atoms in total. The Morgan fingerprint density at radius 1 is 1.16 bits per heavy atom. The monoisotopic (exact) mass is 542 g/mol. The molecule has 1 aliphatic rings. The van der Waals surface area contributed by atoms with Crippen molar-refractivity contribution in [2.75, 3.05) is 47.0 Å². The van der Waals surface area contributed by atoms with Gasteiger partial charge < -0.3 is 20.1 Å². The Morgan fingerprint density at radius 2 is 1.87 bits per heavy atom. The fourth-order valence-electron chi connectivity index (χ4n) is 3.61. The second-order valence-electron chi connectivity index (χ2n) is 7.33. The van der Waals surface area contributed by atoms with Gasteiger partial charge in [-0.25, -0.2) is 4.39 Å². The van der Waals surface area contributed by atoms with Crippen LogP contribution in [-0.2, 0) is 11.3 Å². The molecule has 1 aliphatic heterocycles. The molecule has 170 valence electrons. The predicted octanol–water partition coefficient (Wildman–Crippen LogP) is 3.50. The molecular formula is C23H32FIN4O2. The van der Waals surface area contributed by atoms with Crippen LogP contribution in [0.1, 0.15) is 22.7 Å². The van der Waals surface area contributed by atoms with E-state index >= 15 is 0 Å². The molecule has 0 spiro atoms. The van der Waals surface area contributed by atoms with Gasteiger partial charge >= 0.3 is 0 Å². The summed E-state index contributed by atoms with van der Waals surface area (Å²) in [6.45, 7) is 6.42. The molecule has 0 aliphatic carbocycles. The number of benzene rings is 2. The minimum Gasteiger partial charge on any atom is -0.496 e. The van der Waals surface area contributed by atoms with Gasteiger partial charge in [0.2, 0.25) is 0 Å². The highest BCUT2D eigenvalue weighted by Gasteiger charge is 2.23. The van der Waals surface area contributed by atoms with Crippen LogP contribution in [0.3, 0.4) is 0 Å². The number of halogens is 2. The van der Waals surface area contributed by atoms with E-state index in [9.17, 15) is 4.39 Å². The number of ether oxygens (including phenoxy) is 2. The van der Waals surface area contributed by atoms with E-state index in [-0.39, 0.29) is 35.8 Å². The molecule has 1 saturated heterocycles. The molecule has 1 heterocycles. The van der Waals surface area contributed by atoms with Crippen LogP contribution in [0.15, 0.2) is 47.5 Å². The van der Waals surface area contributed by atoms with Crippen molar-refractivity contribution in [3.05, 3.63) is 65.0 Å². The van der Waals surface area contributed by atoms with Gasteiger partial charge in [0, 0.05) is 33.2 Å². The first kappa shape index (κ1) is 25.4. The number of morpholine rings is 1. The molecular weight excluding hydrogens is 510 g/mol. The maximum Gasteiger partial charge on any atom is 0.191 e. The van der Waals surface area contributed by atoms with Gasteiger partial charge in [-0.1, -0.05) is 24.3 Å². The average Bonchev–Trinajstić information content (AvgIpc) is 2.78. The summed E-state index contributed by atoms with van der Waals surface area (Å²) in [5.41, 5.74) is 3.30. The zero-order valence-corrected chi connectivity index (χ0v) is 20.7. The third-order valence-electron chi connectivity index (χ3n) is 5.36. The van der Waals surface area contributed by atoms with Gasteiger partial charge in [-0.3, -0.25) is 9.89 Å². The van der Waals surface area contributed by atoms with Crippen LogP contribution in [0.4, 0.5) is 4.39 Å². The van der Waals surface area contributed by atoms with Gasteiger partial charge in [0.05, 0.1) is 26.4 Å². The van der Waals surface area contributed by atoms with E-state index < -0.39 is 0 Å². The van der Waals surface area contributed by atoms with Crippen molar-refractivity contribution in [2.45, 2.75) is 19.5 Å². The van der Waals surface area contributed by atoms with Crippen molar-refractivity contribution in [2.24, 2.45) is 4.99 Å². The lowest BCUT2D eigenvalue weighted by Crippen LogP contribution is -2.46. The third-order valence-corrected chi connectivity index (χ3v) is 5.36. The number of nitrogens with zero attached hydrogens (tertiary/aromatic N) is 2. The Hall–Kier alpha value is -1.91. The molecule has 0 saturated carbocycles. The summed E-state index contributed by atoms with van der Waals surface area (Å²) in [4.78, 5) is 6.71. The van der Waals surface area contributed by atoms with Crippen molar-refractivity contribution in [1.82, 2.24) is 15.5 Å². The fourth-order valence-corrected chi connectivity index (χ4v) is 3.61. The van der Waals surface area contributed by atoms with E-state index in [0.29, 0.717) is 26.3 Å². The first-order valence-corrected chi connectivity index (χ1v) is 10.3. The van der Waals surface area contributed by atoms with E-state index in [1.807, 2.05) is 25.1 Å². The summed E-state index contributed by atoms with van der Waals surface area (Å²) in [5.74, 6) is 1.37. The van der Waals surface area contributed by atoms with Crippen molar-refractivity contribution in [3.8, 4) is 5.75 Å². The predicted molar refractivity (Wildman–Crippen MR) is 133 cm³/mol. The lowest BCUT2D eigenvalue weighted by atomic mass is 10.0. The van der Waals surface area contributed by atoms with Crippen molar-refractivity contribution in [3.63, 3.8) is 0 Å². The van der Waals surface area contributed by atoms with Gasteiger partial charge in [-0.15, -0.1) is 24.0 Å². The normalized spacial score (nSPS) is 15.7. The minimum atomic E-state index is -0.224. The van der Waals surface area contributed by atoms with E-state index in [4.69, 9.17) is 9.47 Å². The number of aliphatic imine (C=N–C) groups is 1. The van der Waals surface area contributed by atoms with Crippen LogP contribution in [-0.4, -0.2) is 57.9 Å². The fraction of sp³-hybridized carbons (Fsp3) is 0.435. The Balaban J connectivity index is 0.00000341. The Kier molecular flexibility index (Phi) is 10.5. The first-order chi connectivity index (χ1) is 14.6. The average molecular weight is 542 g/mol. The Bertz CT molecular complexity index is 842. The smallest absolute Gasteiger partial charge is 0.191 e. The number of hydrogen-bond acceptors (Lipinski definition) is 4. The molecule has 0 amide bonds. The molecule has 0 aromatic heterocycles. The van der Waals surface area contributed by atoms with Gasteiger partial charge in [0.15, 0.2) is 5.96 Å². The van der Waals surface area contributed by atoms with Gasteiger partial charge in [0.25, 0.3) is 0 Å². The quantitative estimate of drug-likeness (QED) is 0.319. The number of nitrogens with one attached hydrogen (secondary N) is 2. The van der Waals surface area contributed by atoms with E-state index in [1.54, 1.807) is 14.2 Å². The van der Waals surface area contributed by atoms with E-state index in [2.05, 4.69) is 32.7 Å². The number of aryl methyl sites for hydroxylation is 1. The highest BCUT2D eigenvalue weighted by atomic mass is 127. The minimum absolute atomic E-state index is 0. The molecule has 2 aromatic carbocycles. The molecule has 2 aromatic rings. The van der Waals surface area contributed by atoms with Gasteiger partial charge in [-0.05, 0) is 41.8 Å². The van der Waals surface area contributed by atoms with Crippen molar-refractivity contribution in [1.29, 1.82) is 0 Å². The molecule has 1 fully saturated rings. The number of methoxy groups -OCH3 is 1. The van der Waals surface area contributed by atoms with Crippen molar-refractivity contribution < 1.29 is 13.9 Å². The molecule has 31 heavy (non-hydrogen) atoms. The standard InChI is InChI=1S/C23H31FN4O2.HI/c1-17-4-5-18(14-22(17)29-3)15-26-23(25-2)27-16-21(28-10-12-30-13-11-28)19-6-8-20(24)9-7-19;/h4-9,14,21H,10-13,15-16H2,1-3H3,(H2,25,26,27);1H. The first-order valence-electron chi connectivity index (χ1n) is 10.3. The van der Waals surface area contributed by atoms with Crippen LogP contribution in [0.25, 0.3) is 0 Å². The van der Waals surface area contributed by atoms with Crippen LogP contribution in [0, 0.1) is 12.7 Å². The van der Waals surface area contributed by atoms with Crippen LogP contribution < -0.4 is 15.4 Å². The molecule has 0 bridgehead atoms. The molecule has 1 atom stereocenters. The summed E-state index contributed by atoms with van der Waals surface area (Å²) in [7, 11) is 3.44. The zero-order valence-electron chi connectivity index (χ0n) is 18.4. The van der Waals surface area contributed by atoms with Gasteiger partial charge in [-0.2, -0.15) is 0 Å². The SMILES string of the molecule is CN=C(NCc1ccc(C)c(OC)c1)NCC(c1ccc(F)cc1)N1CCOCC1.I. The van der Waals surface area contributed by atoms with Crippen LogP contribution >= 0.6 is 24.0 Å². The van der Waals surface area contributed by atoms with Gasteiger partial charge in [0.1, 0.15) is 11.6 Å². The summed E-state index contributed by atoms with van der Waals surface area (Å²) >= 11 is 0. The molecule has 0 radical (unpaired) electrons. The van der Waals surface area contributed by atoms with E-state index in [1.165, 1.54) is 12.1 Å². The Labute approximate surface area is 201 Å². The molecule has 8 heteroatoms. The largest absolute Gasteiger partial charge is 0.496 e. The van der Waals surface area contributed by atoms with Crippen LogP contribution in [0.2, 0.25) is 0 Å². The third kappa shape index (κ3) is 7.33. The highest BCUT2D eigenvalue weighted by molar-refractivity contribution is 14.0. The highest BCUT2D eigenvalue weighted by Crippen LogP contribution is 2.22. The second-order valence-corrected chi connectivity index (χ2v) is 7.33. The number of hydrogen-bond donors (Lipinski definition) is 2. The molecule has 2 N–H and O–H groups in total. The number of guanidine groups is 1. The maximum absolute atomic E-state index is 13.4. The lowest BCUT2D eigenvalue weighted by molar-refractivity contribution is 0.0170. The zero-order chi connectivity index (χ0) is 21.3.